The number of nitrogens with zero attached hydrogens (tertiary/aromatic N) is 1. The maximum absolute atomic E-state index is 12.9. The van der Waals surface area contributed by atoms with Crippen molar-refractivity contribution >= 4 is 28.4 Å². The number of fused-ring (bicyclic) bond motifs is 1. The Morgan fingerprint density at radius 3 is 2.56 bits per heavy atom. The predicted molar refractivity (Wildman–Crippen MR) is 108 cm³/mol. The van der Waals surface area contributed by atoms with Crippen molar-refractivity contribution in [2.45, 2.75) is 19.9 Å². The Labute approximate surface area is 162 Å². The van der Waals surface area contributed by atoms with Crippen LogP contribution in [0.4, 0.5) is 0 Å². The van der Waals surface area contributed by atoms with Crippen molar-refractivity contribution < 1.29 is 9.53 Å². The minimum atomic E-state index is -0.208. The lowest BCUT2D eigenvalue weighted by Crippen LogP contribution is -2.33. The van der Waals surface area contributed by atoms with Crippen molar-refractivity contribution in [1.29, 1.82) is 0 Å². The lowest BCUT2D eigenvalue weighted by molar-refractivity contribution is 0.0742. The highest BCUT2D eigenvalue weighted by Gasteiger charge is 2.17. The third kappa shape index (κ3) is 4.31. The molecular weight excluding hydrogens is 364 g/mol. The van der Waals surface area contributed by atoms with Crippen LogP contribution in [0.15, 0.2) is 53.3 Å². The van der Waals surface area contributed by atoms with Gasteiger partial charge in [0.05, 0.1) is 19.2 Å². The second-order valence-electron chi connectivity index (χ2n) is 6.31. The first-order valence-electron chi connectivity index (χ1n) is 8.76. The Hall–Kier alpha value is -2.79. The summed E-state index contributed by atoms with van der Waals surface area (Å²) in [6.45, 7) is 2.80. The lowest BCUT2D eigenvalue weighted by Gasteiger charge is -2.22. The van der Waals surface area contributed by atoms with Gasteiger partial charge in [0, 0.05) is 28.8 Å². The predicted octanol–water partition coefficient (Wildman–Crippen LogP) is 4.24. The maximum atomic E-state index is 12.9. The standard InChI is InChI=1S/C21H21ClN2O3/c1-3-10-24(21(26)14-4-7-17(22)8-5-14)13-16-11-15-6-9-18(27-2)12-19(15)23-20(16)25/h4-9,11-12H,3,10,13H2,1-2H3,(H,23,25). The highest BCUT2D eigenvalue weighted by molar-refractivity contribution is 6.30. The molecule has 0 bridgehead atoms. The molecule has 1 N–H and O–H groups in total. The number of benzene rings is 2. The Kier molecular flexibility index (Phi) is 5.81. The van der Waals surface area contributed by atoms with Gasteiger partial charge in [0.1, 0.15) is 5.75 Å². The largest absolute Gasteiger partial charge is 0.497 e. The van der Waals surface area contributed by atoms with E-state index in [0.717, 1.165) is 11.8 Å². The molecule has 6 heteroatoms. The minimum Gasteiger partial charge on any atom is -0.497 e. The number of nitrogens with one attached hydrogen (secondary N) is 1. The molecule has 0 aliphatic carbocycles. The van der Waals surface area contributed by atoms with Gasteiger partial charge in [-0.1, -0.05) is 18.5 Å². The molecule has 0 unspecified atom stereocenters. The van der Waals surface area contributed by atoms with Crippen LogP contribution in [0.5, 0.6) is 5.75 Å². The number of H-pyrrole nitrogens is 1. The molecule has 3 aromatic rings. The van der Waals surface area contributed by atoms with E-state index in [9.17, 15) is 9.59 Å². The number of carbonyl (C=O) groups is 1. The van der Waals surface area contributed by atoms with E-state index in [0.29, 0.717) is 34.0 Å². The van der Waals surface area contributed by atoms with Crippen LogP contribution in [0, 0.1) is 0 Å². The van der Waals surface area contributed by atoms with Crippen molar-refractivity contribution in [1.82, 2.24) is 9.88 Å². The first-order chi connectivity index (χ1) is 13.0. The number of ether oxygens (including phenoxy) is 1. The topological polar surface area (TPSA) is 62.4 Å². The van der Waals surface area contributed by atoms with Gasteiger partial charge in [-0.2, -0.15) is 0 Å². The molecule has 1 heterocycles. The number of aromatic amines is 1. The average Bonchev–Trinajstić information content (AvgIpc) is 2.67. The summed E-state index contributed by atoms with van der Waals surface area (Å²) >= 11 is 5.91. The summed E-state index contributed by atoms with van der Waals surface area (Å²) in [7, 11) is 1.58. The number of aromatic nitrogens is 1. The quantitative estimate of drug-likeness (QED) is 0.691. The van der Waals surface area contributed by atoms with Gasteiger partial charge in [-0.3, -0.25) is 9.59 Å². The Balaban J connectivity index is 1.91. The second-order valence-corrected chi connectivity index (χ2v) is 6.75. The minimum absolute atomic E-state index is 0.122. The van der Waals surface area contributed by atoms with E-state index in [1.165, 1.54) is 0 Å². The van der Waals surface area contributed by atoms with E-state index in [1.807, 2.05) is 25.1 Å². The highest BCUT2D eigenvalue weighted by Crippen LogP contribution is 2.19. The number of pyridine rings is 1. The number of carbonyl (C=O) groups excluding carboxylic acids is 1. The first-order valence-corrected chi connectivity index (χ1v) is 9.14. The fourth-order valence-corrected chi connectivity index (χ4v) is 3.10. The summed E-state index contributed by atoms with van der Waals surface area (Å²) in [5.41, 5.74) is 1.59. The molecule has 3 rings (SSSR count). The normalized spacial score (nSPS) is 10.8. The van der Waals surface area contributed by atoms with Crippen LogP contribution in [0.25, 0.3) is 10.9 Å². The fourth-order valence-electron chi connectivity index (χ4n) is 2.97. The van der Waals surface area contributed by atoms with E-state index in [1.54, 1.807) is 42.3 Å². The Morgan fingerprint density at radius 1 is 1.15 bits per heavy atom. The molecule has 1 amide bonds. The Morgan fingerprint density at radius 2 is 1.89 bits per heavy atom. The molecule has 2 aromatic carbocycles. The van der Waals surface area contributed by atoms with Gasteiger partial charge in [-0.05, 0) is 54.3 Å². The zero-order valence-corrected chi connectivity index (χ0v) is 16.0. The van der Waals surface area contributed by atoms with Crippen LogP contribution in [0.1, 0.15) is 29.3 Å². The van der Waals surface area contributed by atoms with Crippen LogP contribution in [0.2, 0.25) is 5.02 Å². The molecule has 0 aliphatic rings. The first kappa shape index (κ1) is 19.0. The molecule has 0 aliphatic heterocycles. The maximum Gasteiger partial charge on any atom is 0.254 e. The molecule has 1 aromatic heterocycles. The van der Waals surface area contributed by atoms with Crippen molar-refractivity contribution in [3.63, 3.8) is 0 Å². The van der Waals surface area contributed by atoms with Crippen molar-refractivity contribution in [2.75, 3.05) is 13.7 Å². The van der Waals surface area contributed by atoms with Crippen molar-refractivity contribution in [3.05, 3.63) is 75.0 Å². The highest BCUT2D eigenvalue weighted by atomic mass is 35.5. The molecule has 140 valence electrons. The van der Waals surface area contributed by atoms with Gasteiger partial charge in [0.15, 0.2) is 0 Å². The summed E-state index contributed by atoms with van der Waals surface area (Å²) in [5.74, 6) is 0.555. The summed E-state index contributed by atoms with van der Waals surface area (Å²) in [6.07, 6.45) is 0.794. The summed E-state index contributed by atoms with van der Waals surface area (Å²) < 4.78 is 5.19. The summed E-state index contributed by atoms with van der Waals surface area (Å²) in [4.78, 5) is 29.9. The third-order valence-electron chi connectivity index (χ3n) is 4.36. The van der Waals surface area contributed by atoms with Crippen LogP contribution in [-0.4, -0.2) is 29.4 Å². The summed E-state index contributed by atoms with van der Waals surface area (Å²) in [5, 5.41) is 1.47. The number of halogens is 1. The van der Waals surface area contributed by atoms with E-state index in [-0.39, 0.29) is 18.0 Å². The van der Waals surface area contributed by atoms with E-state index in [4.69, 9.17) is 16.3 Å². The van der Waals surface area contributed by atoms with Gasteiger partial charge >= 0.3 is 0 Å². The zero-order chi connectivity index (χ0) is 19.4. The number of hydrogen-bond acceptors (Lipinski definition) is 3. The third-order valence-corrected chi connectivity index (χ3v) is 4.62. The lowest BCUT2D eigenvalue weighted by atomic mass is 10.1. The molecular formula is C21H21ClN2O3. The van der Waals surface area contributed by atoms with E-state index >= 15 is 0 Å². The van der Waals surface area contributed by atoms with Crippen LogP contribution in [0.3, 0.4) is 0 Å². The van der Waals surface area contributed by atoms with Gasteiger partial charge < -0.3 is 14.6 Å². The smallest absolute Gasteiger partial charge is 0.254 e. The van der Waals surface area contributed by atoms with E-state index in [2.05, 4.69) is 4.98 Å². The molecule has 5 nitrogen and oxygen atoms in total. The number of methoxy groups -OCH3 is 1. The second kappa shape index (κ2) is 8.27. The van der Waals surface area contributed by atoms with Crippen molar-refractivity contribution in [3.8, 4) is 5.75 Å². The summed E-state index contributed by atoms with van der Waals surface area (Å²) in [6, 6.07) is 14.1. The Bertz CT molecular complexity index is 1010. The molecule has 0 fully saturated rings. The van der Waals surface area contributed by atoms with Gasteiger partial charge in [0.2, 0.25) is 0 Å². The van der Waals surface area contributed by atoms with Gasteiger partial charge in [-0.25, -0.2) is 0 Å². The average molecular weight is 385 g/mol. The monoisotopic (exact) mass is 384 g/mol. The molecule has 0 atom stereocenters. The number of hydrogen-bond donors (Lipinski definition) is 1. The van der Waals surface area contributed by atoms with Gasteiger partial charge in [0.25, 0.3) is 11.5 Å². The SMILES string of the molecule is CCCN(Cc1cc2ccc(OC)cc2[nH]c1=O)C(=O)c1ccc(Cl)cc1. The van der Waals surface area contributed by atoms with Gasteiger partial charge in [-0.15, -0.1) is 0 Å². The number of rotatable bonds is 6. The molecule has 0 spiro atoms. The van der Waals surface area contributed by atoms with Crippen LogP contribution < -0.4 is 10.3 Å². The number of amides is 1. The molecule has 0 saturated carbocycles. The molecule has 0 saturated heterocycles. The van der Waals surface area contributed by atoms with E-state index < -0.39 is 0 Å². The molecule has 0 radical (unpaired) electrons. The fraction of sp³-hybridized carbons (Fsp3) is 0.238. The molecule has 27 heavy (non-hydrogen) atoms. The van der Waals surface area contributed by atoms with Crippen LogP contribution in [-0.2, 0) is 6.54 Å². The van der Waals surface area contributed by atoms with Crippen LogP contribution >= 0.6 is 11.6 Å². The van der Waals surface area contributed by atoms with Crippen molar-refractivity contribution in [2.24, 2.45) is 0 Å². The zero-order valence-electron chi connectivity index (χ0n) is 15.3.